The number of aryl methyl sites for hydroxylation is 1. The minimum absolute atomic E-state index is 0.140. The zero-order chi connectivity index (χ0) is 19.1. The second-order valence-corrected chi connectivity index (χ2v) is 7.11. The van der Waals surface area contributed by atoms with E-state index in [1.54, 1.807) is 10.8 Å². The van der Waals surface area contributed by atoms with Crippen molar-refractivity contribution >= 4 is 29.3 Å². The Kier molecular flexibility index (Phi) is 7.27. The van der Waals surface area contributed by atoms with Crippen molar-refractivity contribution in [2.45, 2.75) is 27.3 Å². The van der Waals surface area contributed by atoms with Crippen LogP contribution < -0.4 is 10.2 Å². The predicted octanol–water partition coefficient (Wildman–Crippen LogP) is 3.77. The molecule has 0 fully saturated rings. The van der Waals surface area contributed by atoms with E-state index in [1.165, 1.54) is 6.08 Å². The lowest BCUT2D eigenvalue weighted by Crippen LogP contribution is -2.31. The molecule has 2 rings (SSSR count). The van der Waals surface area contributed by atoms with Gasteiger partial charge in [-0.05, 0) is 31.1 Å². The highest BCUT2D eigenvalue weighted by molar-refractivity contribution is 6.31. The summed E-state index contributed by atoms with van der Waals surface area (Å²) in [6, 6.07) is 10.1. The van der Waals surface area contributed by atoms with Gasteiger partial charge >= 0.3 is 0 Å². The molecule has 0 aliphatic carbocycles. The molecule has 0 aliphatic heterocycles. The lowest BCUT2D eigenvalue weighted by Gasteiger charge is -2.19. The van der Waals surface area contributed by atoms with Crippen molar-refractivity contribution in [3.05, 3.63) is 52.8 Å². The van der Waals surface area contributed by atoms with E-state index in [-0.39, 0.29) is 5.91 Å². The number of amides is 1. The number of halogens is 1. The molecule has 1 amide bonds. The van der Waals surface area contributed by atoms with Crippen LogP contribution in [0.2, 0.25) is 5.15 Å². The molecule has 0 radical (unpaired) electrons. The summed E-state index contributed by atoms with van der Waals surface area (Å²) in [5.41, 5.74) is 2.74. The molecule has 140 valence electrons. The van der Waals surface area contributed by atoms with Gasteiger partial charge in [-0.3, -0.25) is 9.48 Å². The van der Waals surface area contributed by atoms with Gasteiger partial charge in [0.05, 0.1) is 5.69 Å². The Balaban J connectivity index is 1.87. The molecular weight excluding hydrogens is 348 g/mol. The number of carbonyl (C=O) groups is 1. The van der Waals surface area contributed by atoms with Gasteiger partial charge in [-0.1, -0.05) is 43.6 Å². The average Bonchev–Trinajstić information content (AvgIpc) is 2.86. The smallest absolute Gasteiger partial charge is 0.244 e. The SMILES string of the molecule is Cc1nn(CC(C)C)c(Cl)c1/C=C/C(=O)NCCN(C)c1ccccc1. The third-order valence-electron chi connectivity index (χ3n) is 3.99. The molecule has 0 aliphatic rings. The molecule has 0 atom stereocenters. The molecule has 0 spiro atoms. The summed E-state index contributed by atoms with van der Waals surface area (Å²) in [5.74, 6) is 0.312. The number of carbonyl (C=O) groups excluding carboxylic acids is 1. The lowest BCUT2D eigenvalue weighted by atomic mass is 10.2. The van der Waals surface area contributed by atoms with E-state index in [0.29, 0.717) is 17.6 Å². The summed E-state index contributed by atoms with van der Waals surface area (Å²) in [6.07, 6.45) is 3.25. The zero-order valence-electron chi connectivity index (χ0n) is 15.9. The van der Waals surface area contributed by atoms with Crippen LogP contribution in [0.1, 0.15) is 25.1 Å². The van der Waals surface area contributed by atoms with Crippen LogP contribution in [0.25, 0.3) is 6.08 Å². The summed E-state index contributed by atoms with van der Waals surface area (Å²) in [7, 11) is 2.00. The monoisotopic (exact) mass is 374 g/mol. The average molecular weight is 375 g/mol. The molecule has 0 saturated carbocycles. The molecule has 0 saturated heterocycles. The first-order valence-electron chi connectivity index (χ1n) is 8.83. The fourth-order valence-corrected chi connectivity index (χ4v) is 2.91. The highest BCUT2D eigenvalue weighted by atomic mass is 35.5. The molecule has 0 bridgehead atoms. The minimum Gasteiger partial charge on any atom is -0.373 e. The van der Waals surface area contributed by atoms with E-state index in [2.05, 4.69) is 29.2 Å². The first-order valence-corrected chi connectivity index (χ1v) is 9.21. The van der Waals surface area contributed by atoms with E-state index in [0.717, 1.165) is 30.0 Å². The van der Waals surface area contributed by atoms with Crippen LogP contribution in [-0.2, 0) is 11.3 Å². The van der Waals surface area contributed by atoms with Crippen molar-refractivity contribution in [3.8, 4) is 0 Å². The van der Waals surface area contributed by atoms with Crippen LogP contribution in [0.4, 0.5) is 5.69 Å². The summed E-state index contributed by atoms with van der Waals surface area (Å²) in [6.45, 7) is 8.18. The Morgan fingerprint density at radius 1 is 1.35 bits per heavy atom. The van der Waals surface area contributed by atoms with Gasteiger partial charge < -0.3 is 10.2 Å². The predicted molar refractivity (Wildman–Crippen MR) is 109 cm³/mol. The van der Waals surface area contributed by atoms with Crippen molar-refractivity contribution < 1.29 is 4.79 Å². The standard InChI is InChI=1S/C20H27ClN4O/c1-15(2)14-25-20(21)18(16(3)23-25)10-11-19(26)22-12-13-24(4)17-8-6-5-7-9-17/h5-11,15H,12-14H2,1-4H3,(H,22,26)/b11-10+. The Labute approximate surface area is 160 Å². The molecule has 2 aromatic rings. The number of para-hydroxylation sites is 1. The fourth-order valence-electron chi connectivity index (χ4n) is 2.60. The largest absolute Gasteiger partial charge is 0.373 e. The van der Waals surface area contributed by atoms with Crippen LogP contribution in [0.5, 0.6) is 0 Å². The number of hydrogen-bond donors (Lipinski definition) is 1. The molecule has 1 aromatic heterocycles. The summed E-state index contributed by atoms with van der Waals surface area (Å²) in [5, 5.41) is 7.91. The maximum absolute atomic E-state index is 12.1. The molecule has 1 aromatic carbocycles. The maximum Gasteiger partial charge on any atom is 0.244 e. The second kappa shape index (κ2) is 9.43. The third kappa shape index (κ3) is 5.63. The Morgan fingerprint density at radius 2 is 2.04 bits per heavy atom. The van der Waals surface area contributed by atoms with Gasteiger partial charge in [-0.2, -0.15) is 5.10 Å². The van der Waals surface area contributed by atoms with Gasteiger partial charge in [-0.15, -0.1) is 0 Å². The van der Waals surface area contributed by atoms with Crippen LogP contribution in [0.3, 0.4) is 0 Å². The van der Waals surface area contributed by atoms with Crippen LogP contribution in [-0.4, -0.2) is 35.8 Å². The summed E-state index contributed by atoms with van der Waals surface area (Å²) < 4.78 is 1.79. The number of likely N-dealkylation sites (N-methyl/N-ethyl adjacent to an activating group) is 1. The zero-order valence-corrected chi connectivity index (χ0v) is 16.6. The fraction of sp³-hybridized carbons (Fsp3) is 0.400. The number of anilines is 1. The number of hydrogen-bond acceptors (Lipinski definition) is 3. The molecule has 1 heterocycles. The number of rotatable bonds is 8. The van der Waals surface area contributed by atoms with Crippen molar-refractivity contribution in [1.82, 2.24) is 15.1 Å². The number of aromatic nitrogens is 2. The maximum atomic E-state index is 12.1. The molecule has 1 N–H and O–H groups in total. The van der Waals surface area contributed by atoms with Crippen LogP contribution in [0, 0.1) is 12.8 Å². The summed E-state index contributed by atoms with van der Waals surface area (Å²) in [4.78, 5) is 14.2. The van der Waals surface area contributed by atoms with Crippen molar-refractivity contribution in [3.63, 3.8) is 0 Å². The Bertz CT molecular complexity index is 753. The van der Waals surface area contributed by atoms with Gasteiger partial charge in [0.25, 0.3) is 0 Å². The van der Waals surface area contributed by atoms with E-state index < -0.39 is 0 Å². The molecule has 26 heavy (non-hydrogen) atoms. The first kappa shape index (κ1) is 20.0. The van der Waals surface area contributed by atoms with Crippen molar-refractivity contribution in [2.75, 3.05) is 25.0 Å². The van der Waals surface area contributed by atoms with Gasteiger partial charge in [-0.25, -0.2) is 0 Å². The molecular formula is C20H27ClN4O. The van der Waals surface area contributed by atoms with Gasteiger partial charge in [0.15, 0.2) is 0 Å². The van der Waals surface area contributed by atoms with E-state index in [1.807, 2.05) is 44.3 Å². The van der Waals surface area contributed by atoms with E-state index in [9.17, 15) is 4.79 Å². The highest BCUT2D eigenvalue weighted by Gasteiger charge is 2.12. The Morgan fingerprint density at radius 3 is 2.69 bits per heavy atom. The van der Waals surface area contributed by atoms with Crippen molar-refractivity contribution in [1.29, 1.82) is 0 Å². The third-order valence-corrected chi connectivity index (χ3v) is 4.39. The lowest BCUT2D eigenvalue weighted by molar-refractivity contribution is -0.116. The molecule has 6 heteroatoms. The van der Waals surface area contributed by atoms with Gasteiger partial charge in [0.1, 0.15) is 5.15 Å². The minimum atomic E-state index is -0.140. The highest BCUT2D eigenvalue weighted by Crippen LogP contribution is 2.22. The summed E-state index contributed by atoms with van der Waals surface area (Å²) >= 11 is 6.38. The van der Waals surface area contributed by atoms with Gasteiger partial charge in [0, 0.05) is 44.0 Å². The van der Waals surface area contributed by atoms with Crippen molar-refractivity contribution in [2.24, 2.45) is 5.92 Å². The normalized spacial score (nSPS) is 11.3. The topological polar surface area (TPSA) is 50.2 Å². The number of nitrogens with one attached hydrogen (secondary N) is 1. The Hall–Kier alpha value is -2.27. The molecule has 5 nitrogen and oxygen atoms in total. The first-order chi connectivity index (χ1) is 12.4. The van der Waals surface area contributed by atoms with Crippen LogP contribution in [0.15, 0.2) is 36.4 Å². The molecule has 0 unspecified atom stereocenters. The number of benzene rings is 1. The van der Waals surface area contributed by atoms with Crippen LogP contribution >= 0.6 is 11.6 Å². The van der Waals surface area contributed by atoms with E-state index in [4.69, 9.17) is 11.6 Å². The second-order valence-electron chi connectivity index (χ2n) is 6.75. The van der Waals surface area contributed by atoms with E-state index >= 15 is 0 Å². The number of nitrogens with zero attached hydrogens (tertiary/aromatic N) is 3. The quantitative estimate of drug-likeness (QED) is 0.715. The van der Waals surface area contributed by atoms with Gasteiger partial charge in [0.2, 0.25) is 5.91 Å².